The number of rotatable bonds is 3. The number of nitrogens with one attached hydrogen (secondary N) is 1. The zero-order chi connectivity index (χ0) is 16.7. The van der Waals surface area contributed by atoms with Crippen LogP contribution in [0.2, 0.25) is 0 Å². The van der Waals surface area contributed by atoms with Crippen molar-refractivity contribution in [1.82, 2.24) is 19.7 Å². The molecule has 8 heteroatoms. The van der Waals surface area contributed by atoms with Crippen LogP contribution in [0.4, 0.5) is 13.2 Å². The van der Waals surface area contributed by atoms with Crippen molar-refractivity contribution in [3.63, 3.8) is 0 Å². The SMILES string of the molecule is FC(F)(F)Cn1nc(-c2c[nH]c3ccccc23)nc1[C@@H]1CCOC1. The largest absolute Gasteiger partial charge is 0.408 e. The van der Waals surface area contributed by atoms with Gasteiger partial charge in [-0.3, -0.25) is 0 Å². The molecule has 0 spiro atoms. The first-order chi connectivity index (χ1) is 11.5. The lowest BCUT2D eigenvalue weighted by Gasteiger charge is -2.11. The molecule has 0 bridgehead atoms. The zero-order valence-corrected chi connectivity index (χ0v) is 12.7. The van der Waals surface area contributed by atoms with Gasteiger partial charge in [0.2, 0.25) is 0 Å². The average molecular weight is 336 g/mol. The zero-order valence-electron chi connectivity index (χ0n) is 12.7. The van der Waals surface area contributed by atoms with Crippen LogP contribution in [0.1, 0.15) is 18.2 Å². The van der Waals surface area contributed by atoms with E-state index in [2.05, 4.69) is 15.1 Å². The number of benzene rings is 1. The van der Waals surface area contributed by atoms with E-state index in [1.807, 2.05) is 24.3 Å². The molecule has 1 fully saturated rings. The van der Waals surface area contributed by atoms with Gasteiger partial charge in [-0.1, -0.05) is 18.2 Å². The summed E-state index contributed by atoms with van der Waals surface area (Å²) < 4.78 is 44.9. The molecule has 126 valence electrons. The van der Waals surface area contributed by atoms with Gasteiger partial charge in [-0.25, -0.2) is 9.67 Å². The van der Waals surface area contributed by atoms with E-state index in [0.717, 1.165) is 15.6 Å². The molecule has 1 saturated heterocycles. The smallest absolute Gasteiger partial charge is 0.381 e. The van der Waals surface area contributed by atoms with Crippen LogP contribution in [0.25, 0.3) is 22.3 Å². The Bertz CT molecular complexity index is 862. The summed E-state index contributed by atoms with van der Waals surface area (Å²) in [7, 11) is 0. The Hall–Kier alpha value is -2.35. The van der Waals surface area contributed by atoms with Gasteiger partial charge in [-0.15, -0.1) is 0 Å². The molecule has 0 unspecified atom stereocenters. The summed E-state index contributed by atoms with van der Waals surface area (Å²) in [5.74, 6) is 0.488. The van der Waals surface area contributed by atoms with Crippen molar-refractivity contribution < 1.29 is 17.9 Å². The van der Waals surface area contributed by atoms with E-state index in [4.69, 9.17) is 4.74 Å². The Morgan fingerprint density at radius 1 is 1.29 bits per heavy atom. The summed E-state index contributed by atoms with van der Waals surface area (Å²) in [5.41, 5.74) is 1.59. The predicted molar refractivity (Wildman–Crippen MR) is 81.5 cm³/mol. The molecule has 1 atom stereocenters. The molecule has 0 aliphatic carbocycles. The minimum Gasteiger partial charge on any atom is -0.381 e. The lowest BCUT2D eigenvalue weighted by molar-refractivity contribution is -0.143. The van der Waals surface area contributed by atoms with Crippen molar-refractivity contribution in [2.24, 2.45) is 0 Å². The fraction of sp³-hybridized carbons (Fsp3) is 0.375. The highest BCUT2D eigenvalue weighted by Gasteiger charge is 2.33. The lowest BCUT2D eigenvalue weighted by atomic mass is 10.1. The molecular weight excluding hydrogens is 321 g/mol. The predicted octanol–water partition coefficient (Wildman–Crippen LogP) is 3.49. The number of alkyl halides is 3. The summed E-state index contributed by atoms with van der Waals surface area (Å²) in [6.07, 6.45) is -1.96. The maximum atomic E-state index is 12.9. The number of H-pyrrole nitrogens is 1. The normalized spacial score (nSPS) is 18.5. The number of aromatic nitrogens is 4. The van der Waals surface area contributed by atoms with Gasteiger partial charge in [0.25, 0.3) is 0 Å². The van der Waals surface area contributed by atoms with Gasteiger partial charge in [0, 0.05) is 35.2 Å². The lowest BCUT2D eigenvalue weighted by Crippen LogP contribution is -2.22. The van der Waals surface area contributed by atoms with Crippen LogP contribution < -0.4 is 0 Å². The highest BCUT2D eigenvalue weighted by molar-refractivity contribution is 5.93. The highest BCUT2D eigenvalue weighted by Crippen LogP contribution is 2.31. The molecule has 1 aliphatic heterocycles. The second-order valence-electron chi connectivity index (χ2n) is 5.87. The molecule has 24 heavy (non-hydrogen) atoms. The molecule has 1 aliphatic rings. The van der Waals surface area contributed by atoms with Crippen LogP contribution in [0, 0.1) is 0 Å². The Morgan fingerprint density at radius 3 is 2.88 bits per heavy atom. The molecule has 5 nitrogen and oxygen atoms in total. The second kappa shape index (κ2) is 5.62. The van der Waals surface area contributed by atoms with Crippen molar-refractivity contribution >= 4 is 10.9 Å². The first-order valence-corrected chi connectivity index (χ1v) is 7.67. The molecule has 0 radical (unpaired) electrons. The van der Waals surface area contributed by atoms with E-state index in [9.17, 15) is 13.2 Å². The Kier molecular flexibility index (Phi) is 3.56. The van der Waals surface area contributed by atoms with Gasteiger partial charge in [-0.2, -0.15) is 18.3 Å². The molecular formula is C16H15F3N4O. The topological polar surface area (TPSA) is 55.7 Å². The second-order valence-corrected chi connectivity index (χ2v) is 5.87. The van der Waals surface area contributed by atoms with Crippen LogP contribution in [-0.2, 0) is 11.3 Å². The molecule has 0 amide bonds. The van der Waals surface area contributed by atoms with E-state index >= 15 is 0 Å². The van der Waals surface area contributed by atoms with E-state index in [1.165, 1.54) is 0 Å². The Labute approximate surface area is 135 Å². The number of aromatic amines is 1. The van der Waals surface area contributed by atoms with E-state index in [-0.39, 0.29) is 5.92 Å². The molecule has 1 N–H and O–H groups in total. The number of hydrogen-bond donors (Lipinski definition) is 1. The first-order valence-electron chi connectivity index (χ1n) is 7.67. The summed E-state index contributed by atoms with van der Waals surface area (Å²) in [6, 6.07) is 7.55. The summed E-state index contributed by atoms with van der Waals surface area (Å²) >= 11 is 0. The van der Waals surface area contributed by atoms with Gasteiger partial charge in [0.1, 0.15) is 12.4 Å². The highest BCUT2D eigenvalue weighted by atomic mass is 19.4. The van der Waals surface area contributed by atoms with Gasteiger partial charge >= 0.3 is 6.18 Å². The number of para-hydroxylation sites is 1. The summed E-state index contributed by atoms with van der Waals surface area (Å²) in [6.45, 7) is -0.232. The molecule has 2 aromatic heterocycles. The van der Waals surface area contributed by atoms with Crippen LogP contribution in [0.5, 0.6) is 0 Å². The maximum Gasteiger partial charge on any atom is 0.408 e. The van der Waals surface area contributed by atoms with Gasteiger partial charge in [-0.05, 0) is 12.5 Å². The first kappa shape index (κ1) is 15.2. The van der Waals surface area contributed by atoms with Crippen LogP contribution in [0.15, 0.2) is 30.5 Å². The van der Waals surface area contributed by atoms with Crippen LogP contribution in [0.3, 0.4) is 0 Å². The van der Waals surface area contributed by atoms with Crippen LogP contribution >= 0.6 is 0 Å². The minimum absolute atomic E-state index is 0.154. The van der Waals surface area contributed by atoms with E-state index in [1.54, 1.807) is 6.20 Å². The van der Waals surface area contributed by atoms with E-state index in [0.29, 0.717) is 36.8 Å². The molecule has 3 heterocycles. The third-order valence-corrected chi connectivity index (χ3v) is 4.15. The summed E-state index contributed by atoms with van der Waals surface area (Å²) in [5, 5.41) is 5.03. The number of fused-ring (bicyclic) bond motifs is 1. The maximum absolute atomic E-state index is 12.9. The number of nitrogens with zero attached hydrogens (tertiary/aromatic N) is 3. The number of ether oxygens (including phenoxy) is 1. The third-order valence-electron chi connectivity index (χ3n) is 4.15. The van der Waals surface area contributed by atoms with Gasteiger partial charge in [0.15, 0.2) is 5.82 Å². The van der Waals surface area contributed by atoms with Crippen molar-refractivity contribution in [3.8, 4) is 11.4 Å². The molecule has 0 saturated carbocycles. The minimum atomic E-state index is -4.35. The number of hydrogen-bond acceptors (Lipinski definition) is 3. The molecule has 4 rings (SSSR count). The van der Waals surface area contributed by atoms with Gasteiger partial charge in [0.05, 0.1) is 6.61 Å². The molecule has 3 aromatic rings. The fourth-order valence-corrected chi connectivity index (χ4v) is 3.05. The van der Waals surface area contributed by atoms with Crippen LogP contribution in [-0.4, -0.2) is 39.1 Å². The van der Waals surface area contributed by atoms with E-state index < -0.39 is 12.7 Å². The van der Waals surface area contributed by atoms with Crippen molar-refractivity contribution in [2.45, 2.75) is 25.1 Å². The van der Waals surface area contributed by atoms with Crippen molar-refractivity contribution in [2.75, 3.05) is 13.2 Å². The summed E-state index contributed by atoms with van der Waals surface area (Å²) in [4.78, 5) is 7.52. The Balaban J connectivity index is 1.80. The molecule has 1 aromatic carbocycles. The monoisotopic (exact) mass is 336 g/mol. The van der Waals surface area contributed by atoms with Gasteiger partial charge < -0.3 is 9.72 Å². The quantitative estimate of drug-likeness (QED) is 0.796. The van der Waals surface area contributed by atoms with Crippen molar-refractivity contribution in [1.29, 1.82) is 0 Å². The number of halogens is 3. The van der Waals surface area contributed by atoms with Crippen molar-refractivity contribution in [3.05, 3.63) is 36.3 Å². The Morgan fingerprint density at radius 2 is 2.12 bits per heavy atom. The average Bonchev–Trinajstić information content (AvgIpc) is 3.24. The standard InChI is InChI=1S/C16H15F3N4O/c17-16(18,19)9-23-15(10-5-6-24-8-10)21-14(22-23)12-7-20-13-4-2-1-3-11(12)13/h1-4,7,10,20H,5-6,8-9H2/t10-/m1/s1. The third kappa shape index (κ3) is 2.77. The fourth-order valence-electron chi connectivity index (χ4n) is 3.05.